The number of rotatable bonds is 11. The fraction of sp³-hybridized carbons (Fsp3) is 1.00. The van der Waals surface area contributed by atoms with Crippen molar-refractivity contribution in [3.63, 3.8) is 0 Å². The molecule has 0 aliphatic carbocycles. The molecule has 0 aliphatic heterocycles. The first-order chi connectivity index (χ1) is 7.68. The molecule has 0 amide bonds. The minimum Gasteiger partial charge on any atom is -0.322 e. The molecule has 16 heavy (non-hydrogen) atoms. The second-order valence-electron chi connectivity index (χ2n) is 3.65. The zero-order valence-electron chi connectivity index (χ0n) is 10.7. The summed E-state index contributed by atoms with van der Waals surface area (Å²) in [6, 6.07) is 0. The summed E-state index contributed by atoms with van der Waals surface area (Å²) < 4.78 is 11.5. The maximum absolute atomic E-state index is 5.73. The van der Waals surface area contributed by atoms with Crippen LogP contribution < -0.4 is 0 Å². The molecule has 0 unspecified atom stereocenters. The molecule has 0 spiro atoms. The van der Waals surface area contributed by atoms with Gasteiger partial charge in [0.15, 0.2) is 0 Å². The van der Waals surface area contributed by atoms with Gasteiger partial charge in [0, 0.05) is 5.75 Å². The van der Waals surface area contributed by atoms with Crippen LogP contribution >= 0.6 is 17.1 Å². The van der Waals surface area contributed by atoms with Gasteiger partial charge < -0.3 is 9.05 Å². The lowest BCUT2D eigenvalue weighted by molar-refractivity contribution is 0.260. The number of hydrogen-bond donors (Lipinski definition) is 0. The van der Waals surface area contributed by atoms with Crippen LogP contribution in [0, 0.1) is 0 Å². The average Bonchev–Trinajstić information content (AvgIpc) is 2.30. The van der Waals surface area contributed by atoms with E-state index in [0.717, 1.165) is 31.8 Å². The van der Waals surface area contributed by atoms with E-state index in [0.29, 0.717) is 0 Å². The predicted octanol–water partition coefficient (Wildman–Crippen LogP) is 4.99. The molecule has 98 valence electrons. The molecule has 0 radical (unpaired) electrons. The second-order valence-corrected chi connectivity index (χ2v) is 10.1. The summed E-state index contributed by atoms with van der Waals surface area (Å²) in [7, 11) is 0. The molecule has 0 N–H and O–H groups in total. The van der Waals surface area contributed by atoms with Crippen molar-refractivity contribution in [1.29, 1.82) is 0 Å². The lowest BCUT2D eigenvalue weighted by Crippen LogP contribution is -1.96. The van der Waals surface area contributed by atoms with Crippen molar-refractivity contribution in [2.45, 2.75) is 52.9 Å². The van der Waals surface area contributed by atoms with Crippen molar-refractivity contribution in [2.24, 2.45) is 0 Å². The summed E-state index contributed by atoms with van der Waals surface area (Å²) in [6.07, 6.45) is 5.73. The number of unbranched alkanes of at least 4 members (excludes halogenated alkanes) is 2. The first kappa shape index (κ1) is 16.9. The summed E-state index contributed by atoms with van der Waals surface area (Å²) in [5.74, 6) is 1.07. The Kier molecular flexibility index (Phi) is 11.7. The van der Waals surface area contributed by atoms with Crippen molar-refractivity contribution in [2.75, 3.05) is 19.0 Å². The molecule has 5 heteroatoms. The maximum atomic E-state index is 5.73. The maximum Gasteiger partial charge on any atom is 0.247 e. The molecule has 0 fully saturated rings. The first-order valence-corrected chi connectivity index (χ1v) is 10.4. The van der Waals surface area contributed by atoms with E-state index >= 15 is 0 Å². The van der Waals surface area contributed by atoms with E-state index < -0.39 is 5.69 Å². The van der Waals surface area contributed by atoms with E-state index in [4.69, 9.17) is 20.9 Å². The van der Waals surface area contributed by atoms with Crippen LogP contribution in [-0.2, 0) is 20.9 Å². The van der Waals surface area contributed by atoms with Gasteiger partial charge in [-0.3, -0.25) is 0 Å². The highest BCUT2D eigenvalue weighted by Crippen LogP contribution is 2.61. The van der Waals surface area contributed by atoms with Gasteiger partial charge in [-0.15, -0.1) is 0 Å². The van der Waals surface area contributed by atoms with E-state index in [2.05, 4.69) is 20.8 Å². The minimum atomic E-state index is -2.04. The minimum absolute atomic E-state index is 0.724. The van der Waals surface area contributed by atoms with Crippen molar-refractivity contribution in [3.8, 4) is 0 Å². The van der Waals surface area contributed by atoms with Crippen LogP contribution in [-0.4, -0.2) is 19.0 Å². The standard InChI is InChI=1S/C11H25O2PS2/c1-4-7-8-11-16-14(15,12-9-5-2)13-10-6-3/h4-11H2,1-3H3. The van der Waals surface area contributed by atoms with Crippen LogP contribution in [0.3, 0.4) is 0 Å². The van der Waals surface area contributed by atoms with Gasteiger partial charge in [-0.05, 0) is 31.1 Å². The Bertz CT molecular complexity index is 188. The summed E-state index contributed by atoms with van der Waals surface area (Å²) in [5.41, 5.74) is -2.04. The molecular weight excluding hydrogens is 259 g/mol. The average molecular weight is 284 g/mol. The van der Waals surface area contributed by atoms with Crippen molar-refractivity contribution in [3.05, 3.63) is 0 Å². The zero-order valence-corrected chi connectivity index (χ0v) is 13.3. The highest BCUT2D eigenvalue weighted by Gasteiger charge is 2.18. The molecule has 0 bridgehead atoms. The molecule has 0 rings (SSSR count). The largest absolute Gasteiger partial charge is 0.322 e. The Balaban J connectivity index is 3.92. The summed E-state index contributed by atoms with van der Waals surface area (Å²) in [5, 5.41) is 0. The lowest BCUT2D eigenvalue weighted by Gasteiger charge is -2.20. The van der Waals surface area contributed by atoms with Gasteiger partial charge in [-0.1, -0.05) is 45.0 Å². The predicted molar refractivity (Wildman–Crippen MR) is 78.8 cm³/mol. The van der Waals surface area contributed by atoms with Crippen LogP contribution in [0.25, 0.3) is 0 Å². The third kappa shape index (κ3) is 9.00. The lowest BCUT2D eigenvalue weighted by atomic mass is 10.3. The zero-order chi connectivity index (χ0) is 12.3. The Morgan fingerprint density at radius 1 is 0.938 bits per heavy atom. The molecule has 0 atom stereocenters. The first-order valence-electron chi connectivity index (χ1n) is 6.22. The third-order valence-electron chi connectivity index (χ3n) is 1.90. The van der Waals surface area contributed by atoms with Crippen molar-refractivity contribution >= 4 is 28.9 Å². The van der Waals surface area contributed by atoms with E-state index in [1.165, 1.54) is 19.3 Å². The number of hydrogen-bond acceptors (Lipinski definition) is 4. The van der Waals surface area contributed by atoms with Crippen molar-refractivity contribution in [1.82, 2.24) is 0 Å². The van der Waals surface area contributed by atoms with Gasteiger partial charge in [-0.25, -0.2) is 0 Å². The Labute approximate surface area is 110 Å². The summed E-state index contributed by atoms with van der Waals surface area (Å²) in [4.78, 5) is 0. The highest BCUT2D eigenvalue weighted by atomic mass is 32.9. The molecule has 0 heterocycles. The van der Waals surface area contributed by atoms with Crippen LogP contribution in [0.15, 0.2) is 0 Å². The topological polar surface area (TPSA) is 18.5 Å². The molecular formula is C11H25O2PS2. The molecule has 2 nitrogen and oxygen atoms in total. The fourth-order valence-electron chi connectivity index (χ4n) is 1.05. The molecule has 0 saturated heterocycles. The van der Waals surface area contributed by atoms with E-state index in [-0.39, 0.29) is 0 Å². The van der Waals surface area contributed by atoms with Crippen LogP contribution in [0.1, 0.15) is 52.9 Å². The molecule has 0 aliphatic rings. The van der Waals surface area contributed by atoms with Crippen LogP contribution in [0.2, 0.25) is 0 Å². The van der Waals surface area contributed by atoms with E-state index in [9.17, 15) is 0 Å². The summed E-state index contributed by atoms with van der Waals surface area (Å²) >= 11 is 7.24. The van der Waals surface area contributed by atoms with Gasteiger partial charge >= 0.3 is 0 Å². The van der Waals surface area contributed by atoms with Crippen LogP contribution in [0.5, 0.6) is 0 Å². The second kappa shape index (κ2) is 11.0. The van der Waals surface area contributed by atoms with Gasteiger partial charge in [0.2, 0.25) is 5.69 Å². The smallest absolute Gasteiger partial charge is 0.247 e. The van der Waals surface area contributed by atoms with Gasteiger partial charge in [0.25, 0.3) is 0 Å². The quantitative estimate of drug-likeness (QED) is 0.393. The Hall–Kier alpha value is 0.920. The van der Waals surface area contributed by atoms with Gasteiger partial charge in [0.05, 0.1) is 13.2 Å². The highest BCUT2D eigenvalue weighted by molar-refractivity contribution is 8.67. The van der Waals surface area contributed by atoms with E-state index in [1.54, 1.807) is 11.4 Å². The third-order valence-corrected chi connectivity index (χ3v) is 7.40. The monoisotopic (exact) mass is 284 g/mol. The molecule has 0 aromatic rings. The Morgan fingerprint density at radius 2 is 1.50 bits per heavy atom. The van der Waals surface area contributed by atoms with Gasteiger partial charge in [0.1, 0.15) is 0 Å². The molecule has 0 aromatic heterocycles. The Morgan fingerprint density at radius 3 is 1.94 bits per heavy atom. The van der Waals surface area contributed by atoms with Crippen molar-refractivity contribution < 1.29 is 9.05 Å². The van der Waals surface area contributed by atoms with Gasteiger partial charge in [-0.2, -0.15) is 0 Å². The fourth-order valence-corrected chi connectivity index (χ4v) is 5.71. The molecule has 0 aromatic carbocycles. The van der Waals surface area contributed by atoms with Crippen LogP contribution in [0.4, 0.5) is 0 Å². The SMILES string of the molecule is CCCCCSP(=S)(OCCC)OCCC. The van der Waals surface area contributed by atoms with E-state index in [1.807, 2.05) is 0 Å². The molecule has 0 saturated carbocycles. The normalized spacial score (nSPS) is 11.9. The summed E-state index contributed by atoms with van der Waals surface area (Å²) in [6.45, 7) is 7.86.